The van der Waals surface area contributed by atoms with Crippen molar-refractivity contribution in [3.8, 4) is 0 Å². The normalized spacial score (nSPS) is 23.4. The van der Waals surface area contributed by atoms with Crippen molar-refractivity contribution in [2.45, 2.75) is 32.3 Å². The molecule has 0 aliphatic carbocycles. The Morgan fingerprint density at radius 1 is 1.71 bits per heavy atom. The molecule has 0 bridgehead atoms. The van der Waals surface area contributed by atoms with Gasteiger partial charge < -0.3 is 15.7 Å². The third kappa shape index (κ3) is 4.58. The average Bonchev–Trinajstić information content (AvgIpc) is 2.56. The first kappa shape index (κ1) is 11.5. The van der Waals surface area contributed by atoms with Crippen molar-refractivity contribution in [2.24, 2.45) is 5.92 Å². The Morgan fingerprint density at radius 3 is 3.07 bits per heavy atom. The van der Waals surface area contributed by atoms with Crippen LogP contribution in [-0.2, 0) is 4.79 Å². The fourth-order valence-electron chi connectivity index (χ4n) is 1.64. The molecule has 14 heavy (non-hydrogen) atoms. The quantitative estimate of drug-likeness (QED) is 0.579. The van der Waals surface area contributed by atoms with Crippen LogP contribution in [0.5, 0.6) is 0 Å². The maximum absolute atomic E-state index is 11.4. The number of amides is 1. The molecule has 1 saturated heterocycles. The molecular formula is C10H20N2O2. The summed E-state index contributed by atoms with van der Waals surface area (Å²) in [5.41, 5.74) is 0. The van der Waals surface area contributed by atoms with E-state index < -0.39 is 0 Å². The van der Waals surface area contributed by atoms with Gasteiger partial charge in [0.15, 0.2) is 0 Å². The fraction of sp³-hybridized carbons (Fsp3) is 0.900. The summed E-state index contributed by atoms with van der Waals surface area (Å²) in [5, 5.41) is 15.0. The molecule has 2 unspecified atom stereocenters. The maximum Gasteiger partial charge on any atom is 0.220 e. The highest BCUT2D eigenvalue weighted by Gasteiger charge is 2.17. The van der Waals surface area contributed by atoms with E-state index in [2.05, 4.69) is 10.6 Å². The molecular weight excluding hydrogens is 180 g/mol. The van der Waals surface area contributed by atoms with Gasteiger partial charge in [0, 0.05) is 13.0 Å². The predicted molar refractivity (Wildman–Crippen MR) is 54.9 cm³/mol. The van der Waals surface area contributed by atoms with E-state index in [9.17, 15) is 4.79 Å². The topological polar surface area (TPSA) is 61.4 Å². The molecule has 0 radical (unpaired) electrons. The largest absolute Gasteiger partial charge is 0.393 e. The number of aliphatic hydroxyl groups excluding tert-OH is 1. The van der Waals surface area contributed by atoms with Crippen LogP contribution in [0.15, 0.2) is 0 Å². The molecule has 82 valence electrons. The van der Waals surface area contributed by atoms with Gasteiger partial charge in [-0.25, -0.2) is 0 Å². The maximum atomic E-state index is 11.4. The Kier molecular flexibility index (Phi) is 4.90. The van der Waals surface area contributed by atoms with Crippen LogP contribution in [0.4, 0.5) is 0 Å². The summed E-state index contributed by atoms with van der Waals surface area (Å²) in [5.74, 6) is 0.612. The van der Waals surface area contributed by atoms with E-state index in [1.807, 2.05) is 0 Å². The molecule has 1 fully saturated rings. The van der Waals surface area contributed by atoms with Crippen LogP contribution < -0.4 is 10.6 Å². The Balaban J connectivity index is 2.03. The van der Waals surface area contributed by atoms with Crippen LogP contribution in [0.3, 0.4) is 0 Å². The van der Waals surface area contributed by atoms with Crippen molar-refractivity contribution in [2.75, 3.05) is 19.6 Å². The van der Waals surface area contributed by atoms with Gasteiger partial charge in [0.25, 0.3) is 0 Å². The molecule has 0 aromatic heterocycles. The summed E-state index contributed by atoms with van der Waals surface area (Å²) in [6.45, 7) is 4.30. The van der Waals surface area contributed by atoms with Crippen molar-refractivity contribution in [1.29, 1.82) is 0 Å². The zero-order chi connectivity index (χ0) is 10.4. The van der Waals surface area contributed by atoms with Crippen molar-refractivity contribution in [3.05, 3.63) is 0 Å². The van der Waals surface area contributed by atoms with Gasteiger partial charge in [0.2, 0.25) is 5.91 Å². The number of nitrogens with one attached hydrogen (secondary N) is 2. The summed E-state index contributed by atoms with van der Waals surface area (Å²) >= 11 is 0. The van der Waals surface area contributed by atoms with E-state index in [0.29, 0.717) is 25.3 Å². The molecule has 4 nitrogen and oxygen atoms in total. The first-order valence-electron chi connectivity index (χ1n) is 5.34. The molecule has 4 heteroatoms. The van der Waals surface area contributed by atoms with Gasteiger partial charge in [0.05, 0.1) is 6.10 Å². The summed E-state index contributed by atoms with van der Waals surface area (Å²) in [7, 11) is 0. The standard InChI is InChI=1S/C10H20N2O2/c1-8(13)2-5-12-10(14)6-9-3-4-11-7-9/h8-9,11,13H,2-7H2,1H3,(H,12,14). The SMILES string of the molecule is CC(O)CCNC(=O)CC1CCNC1. The molecule has 3 N–H and O–H groups in total. The second-order valence-corrected chi connectivity index (χ2v) is 4.05. The molecule has 1 rings (SSSR count). The number of carbonyl (C=O) groups excluding carboxylic acids is 1. The third-order valence-electron chi connectivity index (χ3n) is 2.52. The monoisotopic (exact) mass is 200 g/mol. The minimum Gasteiger partial charge on any atom is -0.393 e. The van der Waals surface area contributed by atoms with Gasteiger partial charge in [-0.1, -0.05) is 0 Å². The Morgan fingerprint density at radius 2 is 2.50 bits per heavy atom. The number of aliphatic hydroxyl groups is 1. The summed E-state index contributed by atoms with van der Waals surface area (Å²) in [4.78, 5) is 11.4. The highest BCUT2D eigenvalue weighted by atomic mass is 16.3. The molecule has 0 aromatic rings. The summed E-state index contributed by atoms with van der Waals surface area (Å²) in [6.07, 6.45) is 2.02. The minimum atomic E-state index is -0.330. The van der Waals surface area contributed by atoms with Gasteiger partial charge in [-0.15, -0.1) is 0 Å². The lowest BCUT2D eigenvalue weighted by molar-refractivity contribution is -0.121. The van der Waals surface area contributed by atoms with Gasteiger partial charge in [0.1, 0.15) is 0 Å². The molecule has 0 saturated carbocycles. The van der Waals surface area contributed by atoms with Gasteiger partial charge >= 0.3 is 0 Å². The summed E-state index contributed by atoms with van der Waals surface area (Å²) in [6, 6.07) is 0. The number of carbonyl (C=O) groups is 1. The van der Waals surface area contributed by atoms with Crippen LogP contribution in [-0.4, -0.2) is 36.8 Å². The predicted octanol–water partition coefficient (Wildman–Crippen LogP) is -0.127. The molecule has 1 aliphatic rings. The highest BCUT2D eigenvalue weighted by Crippen LogP contribution is 2.11. The minimum absolute atomic E-state index is 0.111. The molecule has 1 heterocycles. The lowest BCUT2D eigenvalue weighted by Gasteiger charge is -2.09. The van der Waals surface area contributed by atoms with E-state index in [4.69, 9.17) is 5.11 Å². The first-order chi connectivity index (χ1) is 6.68. The zero-order valence-corrected chi connectivity index (χ0v) is 8.75. The van der Waals surface area contributed by atoms with E-state index in [-0.39, 0.29) is 12.0 Å². The van der Waals surface area contributed by atoms with E-state index in [1.54, 1.807) is 6.92 Å². The Bertz CT molecular complexity index is 177. The smallest absolute Gasteiger partial charge is 0.220 e. The van der Waals surface area contributed by atoms with Gasteiger partial charge in [-0.05, 0) is 38.8 Å². The van der Waals surface area contributed by atoms with Crippen LogP contribution in [0.2, 0.25) is 0 Å². The zero-order valence-electron chi connectivity index (χ0n) is 8.75. The lowest BCUT2D eigenvalue weighted by atomic mass is 10.0. The lowest BCUT2D eigenvalue weighted by Crippen LogP contribution is -2.28. The van der Waals surface area contributed by atoms with Gasteiger partial charge in [-0.2, -0.15) is 0 Å². The Labute approximate surface area is 85.1 Å². The number of hydrogen-bond donors (Lipinski definition) is 3. The molecule has 1 amide bonds. The average molecular weight is 200 g/mol. The Hall–Kier alpha value is -0.610. The molecule has 0 spiro atoms. The van der Waals surface area contributed by atoms with Crippen molar-refractivity contribution >= 4 is 5.91 Å². The first-order valence-corrected chi connectivity index (χ1v) is 5.34. The number of hydrogen-bond acceptors (Lipinski definition) is 3. The fourth-order valence-corrected chi connectivity index (χ4v) is 1.64. The second kappa shape index (κ2) is 5.98. The van der Waals surface area contributed by atoms with Crippen molar-refractivity contribution < 1.29 is 9.90 Å². The highest BCUT2D eigenvalue weighted by molar-refractivity contribution is 5.76. The third-order valence-corrected chi connectivity index (χ3v) is 2.52. The number of rotatable bonds is 5. The van der Waals surface area contributed by atoms with Crippen LogP contribution in [0.1, 0.15) is 26.2 Å². The van der Waals surface area contributed by atoms with E-state index >= 15 is 0 Å². The van der Waals surface area contributed by atoms with Crippen molar-refractivity contribution in [3.63, 3.8) is 0 Å². The van der Waals surface area contributed by atoms with E-state index in [1.165, 1.54) is 0 Å². The van der Waals surface area contributed by atoms with Crippen LogP contribution >= 0.6 is 0 Å². The summed E-state index contributed by atoms with van der Waals surface area (Å²) < 4.78 is 0. The second-order valence-electron chi connectivity index (χ2n) is 4.05. The molecule has 0 aromatic carbocycles. The van der Waals surface area contributed by atoms with Gasteiger partial charge in [-0.3, -0.25) is 4.79 Å². The van der Waals surface area contributed by atoms with E-state index in [0.717, 1.165) is 19.5 Å². The molecule has 2 atom stereocenters. The van der Waals surface area contributed by atoms with Crippen LogP contribution in [0, 0.1) is 5.92 Å². The van der Waals surface area contributed by atoms with Crippen molar-refractivity contribution in [1.82, 2.24) is 10.6 Å². The van der Waals surface area contributed by atoms with Crippen LogP contribution in [0.25, 0.3) is 0 Å². The molecule has 1 aliphatic heterocycles.